The van der Waals surface area contributed by atoms with Crippen molar-refractivity contribution < 1.29 is 0 Å². The predicted molar refractivity (Wildman–Crippen MR) is 90.6 cm³/mol. The van der Waals surface area contributed by atoms with Crippen LogP contribution in [0.15, 0.2) is 15.9 Å². The maximum atomic E-state index is 4.75. The summed E-state index contributed by atoms with van der Waals surface area (Å²) in [7, 11) is 0. The van der Waals surface area contributed by atoms with Gasteiger partial charge in [-0.05, 0) is 52.7 Å². The zero-order valence-electron chi connectivity index (χ0n) is 12.2. The van der Waals surface area contributed by atoms with Crippen LogP contribution >= 0.6 is 27.3 Å². The average Bonchev–Trinajstić information content (AvgIpc) is 2.86. The molecule has 20 heavy (non-hydrogen) atoms. The first-order valence-electron chi connectivity index (χ1n) is 7.02. The van der Waals surface area contributed by atoms with Crippen LogP contribution < -0.4 is 5.32 Å². The summed E-state index contributed by atoms with van der Waals surface area (Å²) in [6, 6.07) is 2.12. The normalized spacial score (nSPS) is 10.8. The average molecular weight is 354 g/mol. The molecule has 0 saturated carbocycles. The number of nitrogens with zero attached hydrogens (tertiary/aromatic N) is 2. The highest BCUT2D eigenvalue weighted by atomic mass is 79.9. The van der Waals surface area contributed by atoms with E-state index in [0.717, 1.165) is 52.5 Å². The highest BCUT2D eigenvalue weighted by Gasteiger charge is 2.14. The van der Waals surface area contributed by atoms with E-state index >= 15 is 0 Å². The Labute approximate surface area is 133 Å². The van der Waals surface area contributed by atoms with Crippen molar-refractivity contribution in [1.82, 2.24) is 9.97 Å². The van der Waals surface area contributed by atoms with Crippen LogP contribution in [0.2, 0.25) is 0 Å². The van der Waals surface area contributed by atoms with Gasteiger partial charge in [0.1, 0.15) is 5.82 Å². The fraction of sp³-hybridized carbons (Fsp3) is 0.467. The molecule has 0 unspecified atom stereocenters. The summed E-state index contributed by atoms with van der Waals surface area (Å²) < 4.78 is 1.01. The van der Waals surface area contributed by atoms with E-state index < -0.39 is 0 Å². The fourth-order valence-electron chi connectivity index (χ4n) is 1.96. The van der Waals surface area contributed by atoms with Crippen molar-refractivity contribution in [3.63, 3.8) is 0 Å². The summed E-state index contributed by atoms with van der Waals surface area (Å²) in [6.07, 6.45) is 3.11. The van der Waals surface area contributed by atoms with Crippen molar-refractivity contribution >= 4 is 33.1 Å². The van der Waals surface area contributed by atoms with E-state index in [1.165, 1.54) is 5.56 Å². The number of halogens is 1. The molecule has 2 aromatic heterocycles. The fourth-order valence-corrected chi connectivity index (χ4v) is 3.33. The van der Waals surface area contributed by atoms with E-state index in [9.17, 15) is 0 Å². The molecule has 0 saturated heterocycles. The summed E-state index contributed by atoms with van der Waals surface area (Å²) in [5, 5.41) is 5.48. The Morgan fingerprint density at radius 2 is 2.05 bits per heavy atom. The van der Waals surface area contributed by atoms with Crippen LogP contribution in [-0.4, -0.2) is 16.5 Å². The van der Waals surface area contributed by atoms with Gasteiger partial charge in [0.05, 0.1) is 15.0 Å². The Bertz CT molecular complexity index is 580. The lowest BCUT2D eigenvalue weighted by molar-refractivity contribution is 0.865. The second-order valence-corrected chi connectivity index (χ2v) is 6.48. The van der Waals surface area contributed by atoms with E-state index in [4.69, 9.17) is 9.97 Å². The van der Waals surface area contributed by atoms with Gasteiger partial charge in [-0.25, -0.2) is 9.97 Å². The van der Waals surface area contributed by atoms with Crippen LogP contribution in [0.5, 0.6) is 0 Å². The Kier molecular flexibility index (Phi) is 5.54. The van der Waals surface area contributed by atoms with Gasteiger partial charge in [-0.15, -0.1) is 11.3 Å². The van der Waals surface area contributed by atoms with E-state index in [1.807, 2.05) is 0 Å². The van der Waals surface area contributed by atoms with Crippen LogP contribution in [0.4, 0.5) is 5.82 Å². The van der Waals surface area contributed by atoms with Crippen LogP contribution in [0, 0.1) is 6.92 Å². The second kappa shape index (κ2) is 7.18. The maximum Gasteiger partial charge on any atom is 0.172 e. The van der Waals surface area contributed by atoms with E-state index in [0.29, 0.717) is 0 Å². The molecule has 0 fully saturated rings. The van der Waals surface area contributed by atoms with Gasteiger partial charge < -0.3 is 5.32 Å². The molecule has 0 spiro atoms. The summed E-state index contributed by atoms with van der Waals surface area (Å²) in [5.41, 5.74) is 2.32. The molecule has 2 heterocycles. The summed E-state index contributed by atoms with van der Waals surface area (Å²) in [6.45, 7) is 7.35. The third kappa shape index (κ3) is 3.38. The predicted octanol–water partition coefficient (Wildman–Crippen LogP) is 5.05. The number of rotatable bonds is 6. The molecule has 0 atom stereocenters. The SMILES string of the molecule is CCCNc1nc(-c2sccc2C)nc(CCC)c1Br. The van der Waals surface area contributed by atoms with E-state index in [-0.39, 0.29) is 0 Å². The molecule has 0 amide bonds. The molecular weight excluding hydrogens is 334 g/mol. The Balaban J connectivity index is 2.46. The zero-order valence-corrected chi connectivity index (χ0v) is 14.6. The highest BCUT2D eigenvalue weighted by Crippen LogP contribution is 2.31. The Morgan fingerprint density at radius 1 is 1.25 bits per heavy atom. The van der Waals surface area contributed by atoms with Crippen molar-refractivity contribution in [2.24, 2.45) is 0 Å². The molecular formula is C15H20BrN3S. The number of hydrogen-bond donors (Lipinski definition) is 1. The van der Waals surface area contributed by atoms with Crippen LogP contribution in [0.25, 0.3) is 10.7 Å². The van der Waals surface area contributed by atoms with Gasteiger partial charge in [0.15, 0.2) is 5.82 Å². The standard InChI is InChI=1S/C15H20BrN3S/c1-4-6-11-12(16)14(17-8-5-2)19-15(18-11)13-10(3)7-9-20-13/h7,9H,4-6,8H2,1-3H3,(H,17,18,19). The van der Waals surface area contributed by atoms with Crippen LogP contribution in [0.3, 0.4) is 0 Å². The summed E-state index contributed by atoms with van der Waals surface area (Å²) >= 11 is 5.34. The van der Waals surface area contributed by atoms with Gasteiger partial charge in [0.2, 0.25) is 0 Å². The largest absolute Gasteiger partial charge is 0.369 e. The number of thiophene rings is 1. The Morgan fingerprint density at radius 3 is 2.65 bits per heavy atom. The topological polar surface area (TPSA) is 37.8 Å². The third-order valence-electron chi connectivity index (χ3n) is 3.01. The molecule has 5 heteroatoms. The molecule has 0 bridgehead atoms. The minimum absolute atomic E-state index is 0.836. The molecule has 0 aliphatic rings. The highest BCUT2D eigenvalue weighted by molar-refractivity contribution is 9.10. The van der Waals surface area contributed by atoms with Gasteiger partial charge in [-0.3, -0.25) is 0 Å². The monoisotopic (exact) mass is 353 g/mol. The van der Waals surface area contributed by atoms with Gasteiger partial charge in [0, 0.05) is 6.54 Å². The van der Waals surface area contributed by atoms with Gasteiger partial charge in [0.25, 0.3) is 0 Å². The molecule has 0 radical (unpaired) electrons. The molecule has 3 nitrogen and oxygen atoms in total. The first-order chi connectivity index (χ1) is 9.67. The van der Waals surface area contributed by atoms with Gasteiger partial charge in [-0.1, -0.05) is 20.3 Å². The second-order valence-electron chi connectivity index (χ2n) is 4.77. The molecule has 1 N–H and O–H groups in total. The van der Waals surface area contributed by atoms with Crippen molar-refractivity contribution in [3.8, 4) is 10.7 Å². The van der Waals surface area contributed by atoms with Crippen molar-refractivity contribution in [2.45, 2.75) is 40.0 Å². The van der Waals surface area contributed by atoms with Crippen LogP contribution in [0.1, 0.15) is 37.9 Å². The lowest BCUT2D eigenvalue weighted by Gasteiger charge is -2.12. The van der Waals surface area contributed by atoms with E-state index in [1.54, 1.807) is 11.3 Å². The minimum atomic E-state index is 0.836. The van der Waals surface area contributed by atoms with Crippen molar-refractivity contribution in [2.75, 3.05) is 11.9 Å². The van der Waals surface area contributed by atoms with Crippen molar-refractivity contribution in [3.05, 3.63) is 27.2 Å². The molecule has 2 aromatic rings. The van der Waals surface area contributed by atoms with Crippen molar-refractivity contribution in [1.29, 1.82) is 0 Å². The van der Waals surface area contributed by atoms with Gasteiger partial charge >= 0.3 is 0 Å². The number of aryl methyl sites for hydroxylation is 2. The quantitative estimate of drug-likeness (QED) is 0.789. The molecule has 0 aliphatic heterocycles. The molecule has 2 rings (SSSR count). The zero-order chi connectivity index (χ0) is 14.5. The van der Waals surface area contributed by atoms with Crippen LogP contribution in [-0.2, 0) is 6.42 Å². The Hall–Kier alpha value is -0.940. The molecule has 0 aliphatic carbocycles. The first kappa shape index (κ1) is 15.4. The lowest BCUT2D eigenvalue weighted by Crippen LogP contribution is -2.07. The number of aromatic nitrogens is 2. The maximum absolute atomic E-state index is 4.75. The number of nitrogens with one attached hydrogen (secondary N) is 1. The summed E-state index contributed by atoms with van der Waals surface area (Å²) in [5.74, 6) is 1.75. The minimum Gasteiger partial charge on any atom is -0.369 e. The van der Waals surface area contributed by atoms with Gasteiger partial charge in [-0.2, -0.15) is 0 Å². The summed E-state index contributed by atoms with van der Waals surface area (Å²) in [4.78, 5) is 10.6. The molecule has 0 aromatic carbocycles. The molecule has 108 valence electrons. The number of anilines is 1. The lowest BCUT2D eigenvalue weighted by atomic mass is 10.2. The van der Waals surface area contributed by atoms with E-state index in [2.05, 4.69) is 53.5 Å². The first-order valence-corrected chi connectivity index (χ1v) is 8.69. The number of hydrogen-bond acceptors (Lipinski definition) is 4. The smallest absolute Gasteiger partial charge is 0.172 e. The third-order valence-corrected chi connectivity index (χ3v) is 4.86.